The third-order valence-corrected chi connectivity index (χ3v) is 10.4. The molecule has 1 aliphatic heterocycles. The van der Waals surface area contributed by atoms with Gasteiger partial charge in [0.2, 0.25) is 17.7 Å². The fourth-order valence-electron chi connectivity index (χ4n) is 5.65. The number of nitrogens with one attached hydrogen (secondary N) is 2. The predicted octanol–water partition coefficient (Wildman–Crippen LogP) is 5.91. The van der Waals surface area contributed by atoms with Crippen molar-refractivity contribution in [1.82, 2.24) is 4.90 Å². The molecule has 3 amide bonds. The SMILES string of the molecule is CCOC(=O)c1c(NC(=O)C(Sc2cccc(NC(=O)C3CC=CCC3C(=O)O)c2)c2ccccc2)sc2c1CCN(C(C)=O)C2. The summed E-state index contributed by atoms with van der Waals surface area (Å²) in [6, 6.07) is 16.3. The van der Waals surface area contributed by atoms with E-state index in [1.54, 1.807) is 36.1 Å². The van der Waals surface area contributed by atoms with Crippen LogP contribution in [-0.2, 0) is 36.9 Å². The summed E-state index contributed by atoms with van der Waals surface area (Å²) in [5, 5.41) is 15.1. The van der Waals surface area contributed by atoms with Crippen LogP contribution in [0.5, 0.6) is 0 Å². The van der Waals surface area contributed by atoms with Gasteiger partial charge in [0, 0.05) is 28.9 Å². The van der Waals surface area contributed by atoms with Gasteiger partial charge in [0.1, 0.15) is 10.3 Å². The van der Waals surface area contributed by atoms with Crippen molar-refractivity contribution in [2.24, 2.45) is 11.8 Å². The number of carbonyl (C=O) groups excluding carboxylic acids is 4. The number of ether oxygens (including phenoxy) is 1. The van der Waals surface area contributed by atoms with Gasteiger partial charge in [0.25, 0.3) is 0 Å². The molecule has 2 aliphatic rings. The van der Waals surface area contributed by atoms with Crippen LogP contribution in [-0.4, -0.2) is 52.8 Å². The summed E-state index contributed by atoms with van der Waals surface area (Å²) in [6.07, 6.45) is 4.75. The number of anilines is 2. The van der Waals surface area contributed by atoms with Gasteiger partial charge in [-0.1, -0.05) is 48.6 Å². The van der Waals surface area contributed by atoms with Crippen LogP contribution in [0.3, 0.4) is 0 Å². The number of hydrogen-bond donors (Lipinski definition) is 3. The number of thiophene rings is 1. The average Bonchev–Trinajstić information content (AvgIpc) is 3.41. The third-order valence-electron chi connectivity index (χ3n) is 8.00. The normalized spacial score (nSPS) is 17.8. The van der Waals surface area contributed by atoms with E-state index in [9.17, 15) is 29.1 Å². The lowest BCUT2D eigenvalue weighted by Crippen LogP contribution is -2.34. The van der Waals surface area contributed by atoms with Crippen molar-refractivity contribution in [2.75, 3.05) is 23.8 Å². The Morgan fingerprint density at radius 3 is 2.46 bits per heavy atom. The number of carboxylic acid groups (broad SMARTS) is 1. The number of carboxylic acids is 1. The summed E-state index contributed by atoms with van der Waals surface area (Å²) in [5.74, 6) is -3.77. The zero-order valence-corrected chi connectivity index (χ0v) is 27.1. The molecule has 2 aromatic carbocycles. The molecule has 1 aromatic heterocycles. The lowest BCUT2D eigenvalue weighted by molar-refractivity contribution is -0.146. The lowest BCUT2D eigenvalue weighted by atomic mass is 9.82. The number of carbonyl (C=O) groups is 5. The van der Waals surface area contributed by atoms with Crippen molar-refractivity contribution in [3.8, 4) is 0 Å². The van der Waals surface area contributed by atoms with E-state index in [1.807, 2.05) is 42.5 Å². The Morgan fingerprint density at radius 1 is 1.02 bits per heavy atom. The smallest absolute Gasteiger partial charge is 0.341 e. The van der Waals surface area contributed by atoms with Crippen molar-refractivity contribution < 1.29 is 33.8 Å². The maximum atomic E-state index is 14.0. The molecule has 0 radical (unpaired) electrons. The van der Waals surface area contributed by atoms with Gasteiger partial charge in [-0.3, -0.25) is 19.2 Å². The number of fused-ring (bicyclic) bond motifs is 1. The van der Waals surface area contributed by atoms with Crippen LogP contribution in [0.25, 0.3) is 0 Å². The van der Waals surface area contributed by atoms with E-state index in [0.717, 1.165) is 16.0 Å². The number of aliphatic carboxylic acids is 1. The van der Waals surface area contributed by atoms with E-state index in [4.69, 9.17) is 4.74 Å². The van der Waals surface area contributed by atoms with Crippen LogP contribution in [0.15, 0.2) is 71.6 Å². The standard InChI is InChI=1S/C34H35N3O7S2/c1-3-44-34(43)28-26-16-17-37(20(2)38)19-27(26)46-32(28)36-31(40)29(21-10-5-4-6-11-21)45-23-13-9-12-22(18-23)35-30(39)24-14-7-8-15-25(24)33(41)42/h4-13,18,24-25,29H,3,14-17,19H2,1-2H3,(H,35,39)(H,36,40)(H,41,42). The van der Waals surface area contributed by atoms with Crippen molar-refractivity contribution in [2.45, 2.75) is 49.8 Å². The molecule has 10 nitrogen and oxygen atoms in total. The fraction of sp³-hybridized carbons (Fsp3) is 0.324. The molecule has 2 heterocycles. The second-order valence-electron chi connectivity index (χ2n) is 11.0. The number of amides is 3. The van der Waals surface area contributed by atoms with Crippen LogP contribution >= 0.6 is 23.1 Å². The average molecular weight is 662 g/mol. The summed E-state index contributed by atoms with van der Waals surface area (Å²) in [4.78, 5) is 67.2. The molecule has 0 spiro atoms. The molecule has 46 heavy (non-hydrogen) atoms. The predicted molar refractivity (Wildman–Crippen MR) is 177 cm³/mol. The first kappa shape index (κ1) is 33.0. The molecule has 1 aliphatic carbocycles. The van der Waals surface area contributed by atoms with Crippen LogP contribution in [0.2, 0.25) is 0 Å². The van der Waals surface area contributed by atoms with Gasteiger partial charge in [-0.25, -0.2) is 4.79 Å². The maximum absolute atomic E-state index is 14.0. The first-order valence-corrected chi connectivity index (χ1v) is 16.7. The highest BCUT2D eigenvalue weighted by Gasteiger charge is 2.35. The molecule has 240 valence electrons. The molecule has 3 atom stereocenters. The zero-order valence-electron chi connectivity index (χ0n) is 25.5. The molecule has 0 saturated carbocycles. The largest absolute Gasteiger partial charge is 0.481 e. The number of benzene rings is 2. The number of nitrogens with zero attached hydrogens (tertiary/aromatic N) is 1. The van der Waals surface area contributed by atoms with Gasteiger partial charge in [0.05, 0.1) is 30.6 Å². The van der Waals surface area contributed by atoms with Crippen LogP contribution in [0.1, 0.15) is 58.3 Å². The second kappa shape index (κ2) is 14.8. The van der Waals surface area contributed by atoms with Gasteiger partial charge >= 0.3 is 11.9 Å². The van der Waals surface area contributed by atoms with Gasteiger partial charge in [-0.15, -0.1) is 23.1 Å². The Labute approximate surface area is 275 Å². The molecule has 5 rings (SSSR count). The van der Waals surface area contributed by atoms with Crippen molar-refractivity contribution in [3.05, 3.63) is 88.3 Å². The zero-order chi connectivity index (χ0) is 32.8. The summed E-state index contributed by atoms with van der Waals surface area (Å²) < 4.78 is 5.36. The highest BCUT2D eigenvalue weighted by molar-refractivity contribution is 8.00. The maximum Gasteiger partial charge on any atom is 0.341 e. The van der Waals surface area contributed by atoms with E-state index in [1.165, 1.54) is 30.0 Å². The molecule has 3 unspecified atom stereocenters. The van der Waals surface area contributed by atoms with E-state index in [0.29, 0.717) is 53.5 Å². The Hall–Kier alpha value is -4.42. The minimum Gasteiger partial charge on any atom is -0.481 e. The van der Waals surface area contributed by atoms with Crippen LogP contribution in [0.4, 0.5) is 10.7 Å². The minimum absolute atomic E-state index is 0.0569. The molecule has 0 fully saturated rings. The summed E-state index contributed by atoms with van der Waals surface area (Å²) in [5.41, 5.74) is 2.35. The number of thioether (sulfide) groups is 1. The first-order chi connectivity index (χ1) is 22.2. The topological polar surface area (TPSA) is 142 Å². The van der Waals surface area contributed by atoms with E-state index in [-0.39, 0.29) is 24.3 Å². The molecular formula is C34H35N3O7S2. The third kappa shape index (κ3) is 7.51. The number of esters is 1. The molecule has 12 heteroatoms. The van der Waals surface area contributed by atoms with Gasteiger partial charge < -0.3 is 25.4 Å². The lowest BCUT2D eigenvalue weighted by Gasteiger charge is -2.25. The number of rotatable bonds is 10. The monoisotopic (exact) mass is 661 g/mol. The quantitative estimate of drug-likeness (QED) is 0.138. The van der Waals surface area contributed by atoms with Crippen LogP contribution < -0.4 is 10.6 Å². The van der Waals surface area contributed by atoms with Gasteiger partial charge in [0.15, 0.2) is 0 Å². The Balaban J connectivity index is 1.39. The van der Waals surface area contributed by atoms with Crippen molar-refractivity contribution in [3.63, 3.8) is 0 Å². The Kier molecular flexibility index (Phi) is 10.6. The number of hydrogen-bond acceptors (Lipinski definition) is 8. The highest BCUT2D eigenvalue weighted by atomic mass is 32.2. The molecule has 3 aromatic rings. The minimum atomic E-state index is -1.00. The highest BCUT2D eigenvalue weighted by Crippen LogP contribution is 2.41. The van der Waals surface area contributed by atoms with Gasteiger partial charge in [-0.05, 0) is 55.5 Å². The number of allylic oxidation sites excluding steroid dienone is 2. The summed E-state index contributed by atoms with van der Waals surface area (Å²) in [7, 11) is 0. The van der Waals surface area contributed by atoms with Crippen molar-refractivity contribution >= 4 is 63.4 Å². The fourth-order valence-corrected chi connectivity index (χ4v) is 7.99. The Morgan fingerprint density at radius 2 is 1.76 bits per heavy atom. The summed E-state index contributed by atoms with van der Waals surface area (Å²) in [6.45, 7) is 4.25. The Bertz CT molecular complexity index is 1670. The second-order valence-corrected chi connectivity index (χ2v) is 13.3. The first-order valence-electron chi connectivity index (χ1n) is 15.0. The van der Waals surface area contributed by atoms with E-state index >= 15 is 0 Å². The van der Waals surface area contributed by atoms with E-state index in [2.05, 4.69) is 10.6 Å². The van der Waals surface area contributed by atoms with Crippen molar-refractivity contribution in [1.29, 1.82) is 0 Å². The molecule has 0 saturated heterocycles. The van der Waals surface area contributed by atoms with Gasteiger partial charge in [-0.2, -0.15) is 0 Å². The van der Waals surface area contributed by atoms with Crippen LogP contribution in [0, 0.1) is 11.8 Å². The molecule has 3 N–H and O–H groups in total. The van der Waals surface area contributed by atoms with E-state index < -0.39 is 29.0 Å². The summed E-state index contributed by atoms with van der Waals surface area (Å²) >= 11 is 2.56. The molecule has 0 bridgehead atoms. The molecular weight excluding hydrogens is 627 g/mol.